The topological polar surface area (TPSA) is 54.0 Å². The minimum Gasteiger partial charge on any atom is -0.497 e. The van der Waals surface area contributed by atoms with E-state index < -0.39 is 0 Å². The van der Waals surface area contributed by atoms with Crippen LogP contribution >= 0.6 is 0 Å². The molecule has 0 unspecified atom stereocenters. The molecule has 1 aromatic carbocycles. The van der Waals surface area contributed by atoms with Crippen molar-refractivity contribution in [1.29, 1.82) is 0 Å². The summed E-state index contributed by atoms with van der Waals surface area (Å²) in [7, 11) is 5.09. The first-order chi connectivity index (χ1) is 12.1. The van der Waals surface area contributed by atoms with Crippen LogP contribution in [0.25, 0.3) is 0 Å². The van der Waals surface area contributed by atoms with Crippen molar-refractivity contribution in [1.82, 2.24) is 15.1 Å². The lowest BCUT2D eigenvalue weighted by Gasteiger charge is -2.33. The van der Waals surface area contributed by atoms with E-state index in [4.69, 9.17) is 9.47 Å². The SMILES string of the molecule is COc1ccc(CN(C)C(=O)N[C@@H]2CCN3CCCC[C@@H]23)c(OC)c1. The minimum absolute atomic E-state index is 0.0182. The van der Waals surface area contributed by atoms with Crippen LogP contribution in [0.5, 0.6) is 11.5 Å². The lowest BCUT2D eigenvalue weighted by atomic mass is 9.99. The number of hydrogen-bond acceptors (Lipinski definition) is 4. The van der Waals surface area contributed by atoms with Crippen molar-refractivity contribution in [2.45, 2.75) is 44.3 Å². The van der Waals surface area contributed by atoms with E-state index in [0.717, 1.165) is 30.0 Å². The second-order valence-corrected chi connectivity index (χ2v) is 6.98. The fraction of sp³-hybridized carbons (Fsp3) is 0.632. The third-order valence-corrected chi connectivity index (χ3v) is 5.41. The number of methoxy groups -OCH3 is 2. The average molecular weight is 347 g/mol. The first kappa shape index (κ1) is 17.9. The number of urea groups is 1. The summed E-state index contributed by atoms with van der Waals surface area (Å²) in [6, 6.07) is 6.45. The minimum atomic E-state index is -0.0182. The summed E-state index contributed by atoms with van der Waals surface area (Å²) in [5, 5.41) is 3.24. The van der Waals surface area contributed by atoms with Gasteiger partial charge in [-0.15, -0.1) is 0 Å². The van der Waals surface area contributed by atoms with Crippen LogP contribution in [0.4, 0.5) is 4.79 Å². The normalized spacial score (nSPS) is 23.0. The molecule has 0 spiro atoms. The maximum Gasteiger partial charge on any atom is 0.317 e. The molecule has 0 bridgehead atoms. The van der Waals surface area contributed by atoms with Gasteiger partial charge >= 0.3 is 6.03 Å². The second kappa shape index (κ2) is 7.95. The van der Waals surface area contributed by atoms with Crippen molar-refractivity contribution in [3.05, 3.63) is 23.8 Å². The number of nitrogens with zero attached hydrogens (tertiary/aromatic N) is 2. The van der Waals surface area contributed by atoms with Gasteiger partial charge in [0, 0.05) is 37.3 Å². The second-order valence-electron chi connectivity index (χ2n) is 6.98. The van der Waals surface area contributed by atoms with Crippen LogP contribution in [0, 0.1) is 0 Å². The van der Waals surface area contributed by atoms with E-state index in [2.05, 4.69) is 10.2 Å². The molecule has 0 saturated carbocycles. The number of piperidine rings is 1. The zero-order valence-electron chi connectivity index (χ0n) is 15.5. The molecule has 0 aromatic heterocycles. The summed E-state index contributed by atoms with van der Waals surface area (Å²) in [5.74, 6) is 1.48. The van der Waals surface area contributed by atoms with Gasteiger partial charge in [-0.1, -0.05) is 6.42 Å². The Kier molecular flexibility index (Phi) is 5.68. The summed E-state index contributed by atoms with van der Waals surface area (Å²) >= 11 is 0. The van der Waals surface area contributed by atoms with E-state index >= 15 is 0 Å². The lowest BCUT2D eigenvalue weighted by molar-refractivity contribution is 0.170. The van der Waals surface area contributed by atoms with Crippen molar-refractivity contribution in [3.8, 4) is 11.5 Å². The summed E-state index contributed by atoms with van der Waals surface area (Å²) in [6.45, 7) is 2.78. The number of ether oxygens (including phenoxy) is 2. The van der Waals surface area contributed by atoms with Gasteiger partial charge in [0.25, 0.3) is 0 Å². The maximum absolute atomic E-state index is 12.6. The molecule has 0 aliphatic carbocycles. The summed E-state index contributed by atoms with van der Waals surface area (Å²) in [5.41, 5.74) is 0.965. The first-order valence-corrected chi connectivity index (χ1v) is 9.09. The molecule has 6 nitrogen and oxygen atoms in total. The van der Waals surface area contributed by atoms with Crippen LogP contribution in [0.1, 0.15) is 31.2 Å². The molecule has 3 rings (SSSR count). The van der Waals surface area contributed by atoms with Gasteiger partial charge in [-0.25, -0.2) is 4.79 Å². The number of rotatable bonds is 5. The van der Waals surface area contributed by atoms with Gasteiger partial charge in [0.15, 0.2) is 0 Å². The van der Waals surface area contributed by atoms with Gasteiger partial charge in [-0.05, 0) is 37.9 Å². The van der Waals surface area contributed by atoms with Crippen LogP contribution in [0.2, 0.25) is 0 Å². The summed E-state index contributed by atoms with van der Waals surface area (Å²) in [6.07, 6.45) is 4.80. The highest BCUT2D eigenvalue weighted by Crippen LogP contribution is 2.28. The van der Waals surface area contributed by atoms with E-state index in [1.807, 2.05) is 25.2 Å². The molecule has 0 radical (unpaired) electrons. The largest absolute Gasteiger partial charge is 0.497 e. The summed E-state index contributed by atoms with van der Waals surface area (Å²) in [4.78, 5) is 16.9. The number of nitrogens with one attached hydrogen (secondary N) is 1. The Hall–Kier alpha value is -1.95. The van der Waals surface area contributed by atoms with Crippen molar-refractivity contribution >= 4 is 6.03 Å². The Labute approximate surface area is 150 Å². The Balaban J connectivity index is 1.59. The molecular formula is C19H29N3O3. The molecule has 138 valence electrons. The third-order valence-electron chi connectivity index (χ3n) is 5.41. The molecule has 1 N–H and O–H groups in total. The van der Waals surface area contributed by atoms with Crippen LogP contribution < -0.4 is 14.8 Å². The van der Waals surface area contributed by atoms with Crippen LogP contribution in [0.15, 0.2) is 18.2 Å². The Morgan fingerprint density at radius 3 is 2.84 bits per heavy atom. The average Bonchev–Trinajstić information content (AvgIpc) is 3.05. The molecule has 2 saturated heterocycles. The first-order valence-electron chi connectivity index (χ1n) is 9.09. The van der Waals surface area contributed by atoms with Gasteiger partial charge in [-0.2, -0.15) is 0 Å². The van der Waals surface area contributed by atoms with E-state index in [9.17, 15) is 4.79 Å². The highest BCUT2D eigenvalue weighted by Gasteiger charge is 2.36. The number of hydrogen-bond donors (Lipinski definition) is 1. The number of fused-ring (bicyclic) bond motifs is 1. The van der Waals surface area contributed by atoms with Gasteiger partial charge < -0.3 is 19.7 Å². The molecule has 2 heterocycles. The molecule has 2 fully saturated rings. The van der Waals surface area contributed by atoms with Crippen molar-refractivity contribution in [2.75, 3.05) is 34.4 Å². The fourth-order valence-corrected chi connectivity index (χ4v) is 3.99. The van der Waals surface area contributed by atoms with Crippen LogP contribution in [-0.4, -0.2) is 62.3 Å². The number of amides is 2. The molecule has 1 aromatic rings. The molecular weight excluding hydrogens is 318 g/mol. The van der Waals surface area contributed by atoms with Crippen molar-refractivity contribution < 1.29 is 14.3 Å². The smallest absolute Gasteiger partial charge is 0.317 e. The highest BCUT2D eigenvalue weighted by molar-refractivity contribution is 5.74. The highest BCUT2D eigenvalue weighted by atomic mass is 16.5. The van der Waals surface area contributed by atoms with Crippen LogP contribution in [-0.2, 0) is 6.54 Å². The molecule has 2 atom stereocenters. The standard InChI is InChI=1S/C19H29N3O3/c1-21(13-14-7-8-15(24-2)12-18(14)25-3)19(23)20-16-9-11-22-10-5-4-6-17(16)22/h7-8,12,16-17H,4-6,9-11,13H2,1-3H3,(H,20,23)/t16-,17+/m1/s1. The van der Waals surface area contributed by atoms with Gasteiger partial charge in [0.1, 0.15) is 11.5 Å². The lowest BCUT2D eigenvalue weighted by Crippen LogP contribution is -2.49. The fourth-order valence-electron chi connectivity index (χ4n) is 3.99. The van der Waals surface area contributed by atoms with Crippen molar-refractivity contribution in [2.24, 2.45) is 0 Å². The van der Waals surface area contributed by atoms with Crippen molar-refractivity contribution in [3.63, 3.8) is 0 Å². The van der Waals surface area contributed by atoms with Gasteiger partial charge in [0.05, 0.1) is 20.8 Å². The zero-order valence-corrected chi connectivity index (χ0v) is 15.5. The Bertz CT molecular complexity index is 608. The molecule has 6 heteroatoms. The van der Waals surface area contributed by atoms with E-state index in [1.165, 1.54) is 25.8 Å². The molecule has 2 amide bonds. The maximum atomic E-state index is 12.6. The predicted molar refractivity (Wildman–Crippen MR) is 97.2 cm³/mol. The summed E-state index contributed by atoms with van der Waals surface area (Å²) < 4.78 is 10.7. The van der Waals surface area contributed by atoms with E-state index in [1.54, 1.807) is 19.1 Å². The zero-order chi connectivity index (χ0) is 17.8. The third kappa shape index (κ3) is 4.00. The monoisotopic (exact) mass is 347 g/mol. The Morgan fingerprint density at radius 2 is 2.08 bits per heavy atom. The van der Waals surface area contributed by atoms with Gasteiger partial charge in [0.2, 0.25) is 0 Å². The number of carbonyl (C=O) groups excluding carboxylic acids is 1. The van der Waals surface area contributed by atoms with E-state index in [0.29, 0.717) is 12.6 Å². The van der Waals surface area contributed by atoms with E-state index in [-0.39, 0.29) is 12.1 Å². The molecule has 2 aliphatic rings. The molecule has 2 aliphatic heterocycles. The Morgan fingerprint density at radius 1 is 1.24 bits per heavy atom. The molecule has 25 heavy (non-hydrogen) atoms. The van der Waals surface area contributed by atoms with Crippen LogP contribution in [0.3, 0.4) is 0 Å². The predicted octanol–water partition coefficient (Wildman–Crippen LogP) is 2.47. The number of carbonyl (C=O) groups is 1. The number of benzene rings is 1. The van der Waals surface area contributed by atoms with Gasteiger partial charge in [-0.3, -0.25) is 4.90 Å². The quantitative estimate of drug-likeness (QED) is 0.889.